The van der Waals surface area contributed by atoms with Gasteiger partial charge < -0.3 is 20.9 Å². The van der Waals surface area contributed by atoms with Gasteiger partial charge in [0.05, 0.1) is 6.07 Å². The Balaban J connectivity index is 1.54. The molecule has 0 spiro atoms. The van der Waals surface area contributed by atoms with E-state index in [4.69, 9.17) is 0 Å². The molecule has 4 rings (SSSR count). The fourth-order valence-electron chi connectivity index (χ4n) is 5.74. The van der Waals surface area contributed by atoms with E-state index >= 15 is 0 Å². The number of nitrogens with one attached hydrogen (secondary N) is 3. The zero-order valence-corrected chi connectivity index (χ0v) is 20.9. The molecule has 3 fully saturated rings. The van der Waals surface area contributed by atoms with Crippen LogP contribution in [0, 0.1) is 34.5 Å². The average Bonchev–Trinajstić information content (AvgIpc) is 3.21. The van der Waals surface area contributed by atoms with Gasteiger partial charge in [-0.2, -0.15) is 18.4 Å². The van der Waals surface area contributed by atoms with Crippen LogP contribution in [-0.4, -0.2) is 70.9 Å². The van der Waals surface area contributed by atoms with E-state index in [0.29, 0.717) is 18.7 Å². The van der Waals surface area contributed by atoms with Crippen LogP contribution in [0.5, 0.6) is 0 Å². The predicted octanol–water partition coefficient (Wildman–Crippen LogP) is 0.689. The van der Waals surface area contributed by atoms with Crippen molar-refractivity contribution in [3.63, 3.8) is 0 Å². The first kappa shape index (κ1) is 27.3. The molecule has 3 N–H and O–H groups in total. The number of aromatic nitrogens is 1. The third-order valence-corrected chi connectivity index (χ3v) is 7.92. The Kier molecular flexibility index (Phi) is 7.36. The molecule has 0 bridgehead atoms. The standard InChI is InChI=1S/C25H29F3N6O4/c1-24(2)16-12-34(19(18(16)24)21(36)32-15(11-29)9-13-6-8-31-20(13)35)22(37)17(33-23(38)25(26,27)28)10-14-5-3-4-7-30-14/h3-5,7,13,15-19H,6,8-10,12H2,1-2H3,(H,31,35)(H,32,36)(H,33,38)/t13-,15-,16-,17+,18-,19-/m0/s1. The first-order valence-corrected chi connectivity index (χ1v) is 12.4. The van der Waals surface area contributed by atoms with Crippen LogP contribution in [0.25, 0.3) is 0 Å². The molecule has 2 saturated heterocycles. The first-order chi connectivity index (χ1) is 17.8. The highest BCUT2D eigenvalue weighted by molar-refractivity contribution is 5.94. The smallest absolute Gasteiger partial charge is 0.356 e. The quantitative estimate of drug-likeness (QED) is 0.448. The van der Waals surface area contributed by atoms with Gasteiger partial charge in [-0.25, -0.2) is 0 Å². The second kappa shape index (κ2) is 10.2. The Hall–Kier alpha value is -3.69. The summed E-state index contributed by atoms with van der Waals surface area (Å²) < 4.78 is 39.2. The number of likely N-dealkylation sites (tertiary alicyclic amines) is 1. The summed E-state index contributed by atoms with van der Waals surface area (Å²) in [6.07, 6.45) is -3.45. The van der Waals surface area contributed by atoms with Crippen molar-refractivity contribution in [1.29, 1.82) is 5.26 Å². The molecule has 0 aromatic carbocycles. The third-order valence-electron chi connectivity index (χ3n) is 7.92. The number of piperidine rings is 1. The highest BCUT2D eigenvalue weighted by atomic mass is 19.4. The monoisotopic (exact) mass is 534 g/mol. The lowest BCUT2D eigenvalue weighted by Crippen LogP contribution is -2.58. The van der Waals surface area contributed by atoms with Gasteiger partial charge in [0.2, 0.25) is 17.7 Å². The van der Waals surface area contributed by atoms with Crippen molar-refractivity contribution in [3.05, 3.63) is 30.1 Å². The molecule has 1 aliphatic carbocycles. The van der Waals surface area contributed by atoms with Crippen LogP contribution in [0.2, 0.25) is 0 Å². The molecule has 1 saturated carbocycles. The molecule has 6 atom stereocenters. The molecule has 4 amide bonds. The SMILES string of the molecule is CC1(C)[C@@H]2[C@@H](C(=O)N[C@H](C#N)C[C@@H]3CCNC3=O)N(C(=O)[C@@H](Cc3ccccn3)NC(=O)C(F)(F)F)C[C@@H]21. The van der Waals surface area contributed by atoms with Crippen molar-refractivity contribution in [2.45, 2.75) is 57.4 Å². The van der Waals surface area contributed by atoms with Gasteiger partial charge in [-0.05, 0) is 42.2 Å². The number of carbonyl (C=O) groups excluding carboxylic acids is 4. The first-order valence-electron chi connectivity index (χ1n) is 12.4. The highest BCUT2D eigenvalue weighted by Crippen LogP contribution is 2.64. The van der Waals surface area contributed by atoms with Gasteiger partial charge in [0, 0.05) is 37.3 Å². The van der Waals surface area contributed by atoms with Crippen LogP contribution in [0.4, 0.5) is 13.2 Å². The molecule has 38 heavy (non-hydrogen) atoms. The molecular weight excluding hydrogens is 505 g/mol. The van der Waals surface area contributed by atoms with Crippen LogP contribution in [0.1, 0.15) is 32.4 Å². The summed E-state index contributed by atoms with van der Waals surface area (Å²) in [7, 11) is 0. The fraction of sp³-hybridized carbons (Fsp3) is 0.600. The summed E-state index contributed by atoms with van der Waals surface area (Å²) in [5.41, 5.74) is -0.00350. The van der Waals surface area contributed by atoms with Crippen LogP contribution in [0.15, 0.2) is 24.4 Å². The molecule has 0 radical (unpaired) electrons. The van der Waals surface area contributed by atoms with Crippen molar-refractivity contribution in [3.8, 4) is 6.07 Å². The van der Waals surface area contributed by atoms with Crippen LogP contribution < -0.4 is 16.0 Å². The maximum atomic E-state index is 13.6. The summed E-state index contributed by atoms with van der Waals surface area (Å²) in [6, 6.07) is 3.09. The molecule has 10 nitrogen and oxygen atoms in total. The number of rotatable bonds is 8. The van der Waals surface area contributed by atoms with E-state index in [0.717, 1.165) is 0 Å². The van der Waals surface area contributed by atoms with Crippen molar-refractivity contribution in [1.82, 2.24) is 25.8 Å². The van der Waals surface area contributed by atoms with E-state index in [2.05, 4.69) is 15.6 Å². The van der Waals surface area contributed by atoms with E-state index in [9.17, 15) is 37.6 Å². The highest BCUT2D eigenvalue weighted by Gasteiger charge is 2.69. The van der Waals surface area contributed by atoms with E-state index in [-0.39, 0.29) is 42.5 Å². The van der Waals surface area contributed by atoms with E-state index in [1.807, 2.05) is 19.9 Å². The van der Waals surface area contributed by atoms with Gasteiger partial charge in [-0.1, -0.05) is 19.9 Å². The van der Waals surface area contributed by atoms with Crippen LogP contribution in [0.3, 0.4) is 0 Å². The maximum Gasteiger partial charge on any atom is 0.471 e. The van der Waals surface area contributed by atoms with E-state index < -0.39 is 47.9 Å². The third kappa shape index (κ3) is 5.44. The fourth-order valence-corrected chi connectivity index (χ4v) is 5.74. The van der Waals surface area contributed by atoms with Gasteiger partial charge in [-0.3, -0.25) is 24.2 Å². The molecular formula is C25H29F3N6O4. The minimum absolute atomic E-state index is 0.0721. The molecule has 13 heteroatoms. The Morgan fingerprint density at radius 2 is 2.03 bits per heavy atom. The van der Waals surface area contributed by atoms with Crippen molar-refractivity contribution < 1.29 is 32.3 Å². The normalized spacial score (nSPS) is 26.9. The summed E-state index contributed by atoms with van der Waals surface area (Å²) in [5, 5.41) is 16.7. The lowest BCUT2D eigenvalue weighted by Gasteiger charge is -2.33. The summed E-state index contributed by atoms with van der Waals surface area (Å²) in [5.74, 6) is -4.67. The molecule has 204 valence electrons. The molecule has 2 aliphatic heterocycles. The number of hydrogen-bond acceptors (Lipinski definition) is 6. The lowest BCUT2D eigenvalue weighted by molar-refractivity contribution is -0.175. The Bertz CT molecular complexity index is 1150. The number of halogens is 3. The Labute approximate surface area is 217 Å². The number of fused-ring (bicyclic) bond motifs is 1. The Morgan fingerprint density at radius 3 is 2.61 bits per heavy atom. The zero-order chi connectivity index (χ0) is 27.8. The molecule has 1 aromatic heterocycles. The zero-order valence-electron chi connectivity index (χ0n) is 20.9. The van der Waals surface area contributed by atoms with Crippen LogP contribution >= 0.6 is 0 Å². The minimum Gasteiger partial charge on any atom is -0.356 e. The van der Waals surface area contributed by atoms with Crippen molar-refractivity contribution in [2.24, 2.45) is 23.2 Å². The molecule has 3 aliphatic rings. The van der Waals surface area contributed by atoms with Gasteiger partial charge in [-0.15, -0.1) is 0 Å². The number of nitriles is 1. The topological polar surface area (TPSA) is 144 Å². The van der Waals surface area contributed by atoms with Crippen molar-refractivity contribution in [2.75, 3.05) is 13.1 Å². The number of pyridine rings is 1. The maximum absolute atomic E-state index is 13.6. The number of nitrogens with zero attached hydrogens (tertiary/aromatic N) is 3. The molecule has 3 heterocycles. The second-order valence-corrected chi connectivity index (χ2v) is 10.6. The summed E-state index contributed by atoms with van der Waals surface area (Å²) in [6.45, 7) is 4.48. The molecule has 1 aromatic rings. The lowest BCUT2D eigenvalue weighted by atomic mass is 9.97. The van der Waals surface area contributed by atoms with Gasteiger partial charge >= 0.3 is 12.1 Å². The summed E-state index contributed by atoms with van der Waals surface area (Å²) >= 11 is 0. The second-order valence-electron chi connectivity index (χ2n) is 10.6. The predicted molar refractivity (Wildman–Crippen MR) is 125 cm³/mol. The van der Waals surface area contributed by atoms with E-state index in [1.165, 1.54) is 17.2 Å². The molecule has 0 unspecified atom stereocenters. The number of alkyl halides is 3. The van der Waals surface area contributed by atoms with Gasteiger partial charge in [0.25, 0.3) is 0 Å². The minimum atomic E-state index is -5.21. The van der Waals surface area contributed by atoms with Crippen LogP contribution in [-0.2, 0) is 25.6 Å². The van der Waals surface area contributed by atoms with E-state index in [1.54, 1.807) is 17.4 Å². The average molecular weight is 535 g/mol. The van der Waals surface area contributed by atoms with Crippen molar-refractivity contribution >= 4 is 23.6 Å². The summed E-state index contributed by atoms with van der Waals surface area (Å²) in [4.78, 5) is 56.0. The van der Waals surface area contributed by atoms with Gasteiger partial charge in [0.15, 0.2) is 0 Å². The Morgan fingerprint density at radius 1 is 1.29 bits per heavy atom. The largest absolute Gasteiger partial charge is 0.471 e. The number of carbonyl (C=O) groups is 4. The number of amides is 4. The number of hydrogen-bond donors (Lipinski definition) is 3. The van der Waals surface area contributed by atoms with Gasteiger partial charge in [0.1, 0.15) is 18.1 Å².